The lowest BCUT2D eigenvalue weighted by molar-refractivity contribution is -0.136. The van der Waals surface area contributed by atoms with Crippen molar-refractivity contribution in [1.29, 1.82) is 0 Å². The second-order valence-electron chi connectivity index (χ2n) is 6.11. The van der Waals surface area contributed by atoms with Gasteiger partial charge in [0.15, 0.2) is 0 Å². The minimum atomic E-state index is -0.649. The molecule has 4 N–H and O–H groups in total. The highest BCUT2D eigenvalue weighted by Crippen LogP contribution is 2.23. The summed E-state index contributed by atoms with van der Waals surface area (Å²) in [7, 11) is 0. The average Bonchev–Trinajstić information content (AvgIpc) is 3.03. The molecule has 1 heterocycles. The number of carbonyl (C=O) groups excluding carboxylic acids is 2. The molecule has 0 radical (unpaired) electrons. The molecule has 6 heteroatoms. The van der Waals surface area contributed by atoms with E-state index < -0.39 is 11.8 Å². The number of aliphatic hydroxyl groups excluding tert-OH is 1. The zero-order chi connectivity index (χ0) is 16.2. The predicted molar refractivity (Wildman–Crippen MR) is 87.9 cm³/mol. The summed E-state index contributed by atoms with van der Waals surface area (Å²) in [6.45, 7) is 0.197. The minimum absolute atomic E-state index is 0.0169. The molecule has 0 spiro atoms. The molecule has 1 saturated carbocycles. The van der Waals surface area contributed by atoms with Gasteiger partial charge in [0.2, 0.25) is 0 Å². The Morgan fingerprint density at radius 3 is 2.65 bits per heavy atom. The van der Waals surface area contributed by atoms with Gasteiger partial charge in [-0.3, -0.25) is 9.59 Å². The maximum absolute atomic E-state index is 12.0. The minimum Gasteiger partial charge on any atom is -0.396 e. The van der Waals surface area contributed by atoms with Crippen molar-refractivity contribution in [2.75, 3.05) is 11.9 Å². The first-order chi connectivity index (χ1) is 11.2. The third-order valence-electron chi connectivity index (χ3n) is 4.46. The number of hydrogen-bond acceptors (Lipinski definition) is 3. The quantitative estimate of drug-likeness (QED) is 0.650. The Morgan fingerprint density at radius 1 is 1.13 bits per heavy atom. The lowest BCUT2D eigenvalue weighted by atomic mass is 9.86. The van der Waals surface area contributed by atoms with Crippen LogP contribution in [0.4, 0.5) is 5.69 Å². The van der Waals surface area contributed by atoms with E-state index in [1.54, 1.807) is 6.07 Å². The van der Waals surface area contributed by atoms with E-state index in [0.29, 0.717) is 11.6 Å². The first-order valence-electron chi connectivity index (χ1n) is 7.95. The highest BCUT2D eigenvalue weighted by atomic mass is 16.3. The van der Waals surface area contributed by atoms with E-state index in [2.05, 4.69) is 15.6 Å². The van der Waals surface area contributed by atoms with Crippen LogP contribution in [0.25, 0.3) is 10.9 Å². The highest BCUT2D eigenvalue weighted by molar-refractivity contribution is 6.39. The van der Waals surface area contributed by atoms with E-state index in [0.717, 1.165) is 36.6 Å². The molecule has 6 nitrogen and oxygen atoms in total. The van der Waals surface area contributed by atoms with Crippen LogP contribution in [0, 0.1) is 5.92 Å². The normalized spacial score (nSPS) is 21.1. The summed E-state index contributed by atoms with van der Waals surface area (Å²) in [5.74, 6) is -0.930. The first kappa shape index (κ1) is 15.6. The van der Waals surface area contributed by atoms with Crippen LogP contribution in [-0.4, -0.2) is 34.6 Å². The number of aromatic nitrogens is 1. The van der Waals surface area contributed by atoms with Crippen LogP contribution in [0.15, 0.2) is 30.5 Å². The van der Waals surface area contributed by atoms with E-state index in [9.17, 15) is 9.59 Å². The smallest absolute Gasteiger partial charge is 0.313 e. The van der Waals surface area contributed by atoms with Crippen LogP contribution in [0.1, 0.15) is 25.7 Å². The number of H-pyrrole nitrogens is 1. The molecular weight excluding hydrogens is 294 g/mol. The Hall–Kier alpha value is -2.34. The van der Waals surface area contributed by atoms with Crippen molar-refractivity contribution in [3.05, 3.63) is 30.5 Å². The van der Waals surface area contributed by atoms with Crippen LogP contribution in [0.5, 0.6) is 0 Å². The molecule has 122 valence electrons. The number of anilines is 1. The Labute approximate surface area is 134 Å². The summed E-state index contributed by atoms with van der Waals surface area (Å²) < 4.78 is 0. The molecule has 0 atom stereocenters. The van der Waals surface area contributed by atoms with E-state index >= 15 is 0 Å². The van der Waals surface area contributed by atoms with E-state index in [1.165, 1.54) is 0 Å². The van der Waals surface area contributed by atoms with Gasteiger partial charge in [0, 0.05) is 35.4 Å². The van der Waals surface area contributed by atoms with Crippen LogP contribution >= 0.6 is 0 Å². The van der Waals surface area contributed by atoms with E-state index in [-0.39, 0.29) is 12.6 Å². The van der Waals surface area contributed by atoms with Crippen molar-refractivity contribution in [2.45, 2.75) is 31.7 Å². The third kappa shape index (κ3) is 3.71. The maximum Gasteiger partial charge on any atom is 0.313 e. The molecule has 1 aliphatic rings. The number of carbonyl (C=O) groups is 2. The number of amides is 2. The Bertz CT molecular complexity index is 702. The van der Waals surface area contributed by atoms with Crippen molar-refractivity contribution in [3.63, 3.8) is 0 Å². The fourth-order valence-electron chi connectivity index (χ4n) is 3.06. The highest BCUT2D eigenvalue weighted by Gasteiger charge is 2.24. The summed E-state index contributed by atoms with van der Waals surface area (Å²) in [4.78, 5) is 27.1. The summed E-state index contributed by atoms with van der Waals surface area (Å²) in [5.41, 5.74) is 1.58. The first-order valence-corrected chi connectivity index (χ1v) is 7.95. The van der Waals surface area contributed by atoms with Crippen molar-refractivity contribution >= 4 is 28.4 Å². The van der Waals surface area contributed by atoms with Crippen molar-refractivity contribution in [1.82, 2.24) is 10.3 Å². The molecule has 0 aliphatic heterocycles. The fourth-order valence-corrected chi connectivity index (χ4v) is 3.06. The van der Waals surface area contributed by atoms with Crippen molar-refractivity contribution in [3.8, 4) is 0 Å². The third-order valence-corrected chi connectivity index (χ3v) is 4.46. The second kappa shape index (κ2) is 6.83. The molecule has 1 aromatic carbocycles. The van der Waals surface area contributed by atoms with Gasteiger partial charge in [0.25, 0.3) is 0 Å². The molecule has 2 amide bonds. The van der Waals surface area contributed by atoms with Crippen LogP contribution in [0.2, 0.25) is 0 Å². The molecular formula is C17H21N3O3. The average molecular weight is 315 g/mol. The maximum atomic E-state index is 12.0. The number of fused-ring (bicyclic) bond motifs is 1. The molecule has 2 aromatic rings. The Kier molecular flexibility index (Phi) is 4.62. The fraction of sp³-hybridized carbons (Fsp3) is 0.412. The molecule has 23 heavy (non-hydrogen) atoms. The molecule has 1 aliphatic carbocycles. The van der Waals surface area contributed by atoms with Gasteiger partial charge >= 0.3 is 11.8 Å². The van der Waals surface area contributed by atoms with Crippen LogP contribution in [-0.2, 0) is 9.59 Å². The summed E-state index contributed by atoms with van der Waals surface area (Å²) >= 11 is 0. The molecule has 0 unspecified atom stereocenters. The monoisotopic (exact) mass is 315 g/mol. The topological polar surface area (TPSA) is 94.2 Å². The van der Waals surface area contributed by atoms with Crippen LogP contribution < -0.4 is 10.6 Å². The van der Waals surface area contributed by atoms with Gasteiger partial charge in [-0.1, -0.05) is 0 Å². The number of aromatic amines is 1. The number of hydrogen-bond donors (Lipinski definition) is 4. The Balaban J connectivity index is 1.54. The van der Waals surface area contributed by atoms with Gasteiger partial charge in [0.05, 0.1) is 0 Å². The lowest BCUT2D eigenvalue weighted by Crippen LogP contribution is -2.43. The summed E-state index contributed by atoms with van der Waals surface area (Å²) in [6, 6.07) is 7.37. The number of benzene rings is 1. The number of rotatable bonds is 3. The molecule has 0 bridgehead atoms. The summed E-state index contributed by atoms with van der Waals surface area (Å²) in [6.07, 6.45) is 5.20. The van der Waals surface area contributed by atoms with Gasteiger partial charge in [-0.25, -0.2) is 0 Å². The zero-order valence-corrected chi connectivity index (χ0v) is 12.8. The zero-order valence-electron chi connectivity index (χ0n) is 12.8. The molecule has 0 saturated heterocycles. The van der Waals surface area contributed by atoms with Crippen LogP contribution in [0.3, 0.4) is 0 Å². The SMILES string of the molecule is O=C(Nc1ccc2[nH]ccc2c1)C(=O)NC1CCC(CO)CC1. The largest absolute Gasteiger partial charge is 0.396 e. The van der Waals surface area contributed by atoms with Gasteiger partial charge in [-0.15, -0.1) is 0 Å². The van der Waals surface area contributed by atoms with Gasteiger partial charge in [-0.2, -0.15) is 0 Å². The number of nitrogens with one attached hydrogen (secondary N) is 3. The summed E-state index contributed by atoms with van der Waals surface area (Å²) in [5, 5.41) is 15.5. The Morgan fingerprint density at radius 2 is 1.91 bits per heavy atom. The van der Waals surface area contributed by atoms with Gasteiger partial charge in [-0.05, 0) is 55.9 Å². The number of aliphatic hydroxyl groups is 1. The predicted octanol–water partition coefficient (Wildman–Crippen LogP) is 1.77. The molecule has 1 aromatic heterocycles. The van der Waals surface area contributed by atoms with E-state index in [4.69, 9.17) is 5.11 Å². The van der Waals surface area contributed by atoms with Crippen molar-refractivity contribution < 1.29 is 14.7 Å². The molecule has 1 fully saturated rings. The lowest BCUT2D eigenvalue weighted by Gasteiger charge is -2.27. The van der Waals surface area contributed by atoms with E-state index in [1.807, 2.05) is 24.4 Å². The molecule has 3 rings (SSSR count). The standard InChI is InChI=1S/C17H21N3O3/c21-10-11-1-3-13(4-2-11)19-16(22)17(23)20-14-5-6-15-12(9-14)7-8-18-15/h5-9,11,13,18,21H,1-4,10H2,(H,19,22)(H,20,23). The van der Waals surface area contributed by atoms with Gasteiger partial charge in [0.1, 0.15) is 0 Å². The van der Waals surface area contributed by atoms with Gasteiger partial charge < -0.3 is 20.7 Å². The van der Waals surface area contributed by atoms with Crippen molar-refractivity contribution in [2.24, 2.45) is 5.92 Å². The second-order valence-corrected chi connectivity index (χ2v) is 6.11.